The van der Waals surface area contributed by atoms with Gasteiger partial charge in [-0.1, -0.05) is 0 Å². The lowest BCUT2D eigenvalue weighted by atomic mass is 10.2. The molecule has 22 heavy (non-hydrogen) atoms. The fourth-order valence-corrected chi connectivity index (χ4v) is 4.35. The summed E-state index contributed by atoms with van der Waals surface area (Å²) in [5, 5.41) is 7.04. The van der Waals surface area contributed by atoms with Crippen molar-refractivity contribution < 1.29 is 27.9 Å². The first-order valence-electron chi connectivity index (χ1n) is 7.50. The normalized spacial score (nSPS) is 18.2. The summed E-state index contributed by atoms with van der Waals surface area (Å²) in [6.07, 6.45) is 0.599. The molecule has 1 fully saturated rings. The second kappa shape index (κ2) is 7.92. The largest absolute Gasteiger partial charge is 0.481 e. The SMILES string of the molecule is CC(C)N(CCC(=O)O)C(=O)C(C)S(=O)(=O)C1CCOCC1. The van der Waals surface area contributed by atoms with Gasteiger partial charge in [-0.15, -0.1) is 0 Å². The van der Waals surface area contributed by atoms with E-state index in [9.17, 15) is 18.0 Å². The van der Waals surface area contributed by atoms with E-state index in [4.69, 9.17) is 9.84 Å². The third-order valence-electron chi connectivity index (χ3n) is 3.95. The highest BCUT2D eigenvalue weighted by atomic mass is 32.2. The summed E-state index contributed by atoms with van der Waals surface area (Å²) in [5.74, 6) is -1.54. The minimum absolute atomic E-state index is 0.0134. The molecule has 1 amide bonds. The summed E-state index contributed by atoms with van der Waals surface area (Å²) >= 11 is 0. The minimum atomic E-state index is -3.60. The van der Waals surface area contributed by atoms with Crippen molar-refractivity contribution >= 4 is 21.7 Å². The molecule has 0 aromatic rings. The van der Waals surface area contributed by atoms with E-state index in [1.165, 1.54) is 11.8 Å². The van der Waals surface area contributed by atoms with E-state index in [0.717, 1.165) is 0 Å². The van der Waals surface area contributed by atoms with Crippen LogP contribution in [0.4, 0.5) is 0 Å². The maximum atomic E-state index is 12.6. The van der Waals surface area contributed by atoms with Crippen LogP contribution in [0.2, 0.25) is 0 Å². The van der Waals surface area contributed by atoms with Gasteiger partial charge in [0.15, 0.2) is 9.84 Å². The number of hydrogen-bond donors (Lipinski definition) is 1. The van der Waals surface area contributed by atoms with Gasteiger partial charge in [0.2, 0.25) is 5.91 Å². The molecule has 0 saturated carbocycles. The average molecular weight is 335 g/mol. The number of amides is 1. The molecule has 1 saturated heterocycles. The molecule has 1 aliphatic heterocycles. The maximum absolute atomic E-state index is 12.6. The smallest absolute Gasteiger partial charge is 0.305 e. The molecule has 0 aromatic heterocycles. The van der Waals surface area contributed by atoms with E-state index in [0.29, 0.717) is 26.1 Å². The molecular formula is C14H25NO6S. The van der Waals surface area contributed by atoms with Crippen LogP contribution in [0.25, 0.3) is 0 Å². The predicted octanol–water partition coefficient (Wildman–Crippen LogP) is 0.680. The minimum Gasteiger partial charge on any atom is -0.481 e. The standard InChI is InChI=1S/C14H25NO6S/c1-10(2)15(7-4-13(16)17)14(18)11(3)22(19,20)12-5-8-21-9-6-12/h10-12H,4-9H2,1-3H3,(H,16,17). The van der Waals surface area contributed by atoms with Gasteiger partial charge in [0, 0.05) is 25.8 Å². The Morgan fingerprint density at radius 1 is 1.23 bits per heavy atom. The summed E-state index contributed by atoms with van der Waals surface area (Å²) in [7, 11) is -3.60. The molecule has 0 aromatic carbocycles. The summed E-state index contributed by atoms with van der Waals surface area (Å²) in [6.45, 7) is 5.67. The molecule has 1 unspecified atom stereocenters. The Morgan fingerprint density at radius 2 is 1.77 bits per heavy atom. The average Bonchev–Trinajstić information content (AvgIpc) is 2.46. The van der Waals surface area contributed by atoms with E-state index in [1.807, 2.05) is 0 Å². The van der Waals surface area contributed by atoms with Crippen molar-refractivity contribution in [1.29, 1.82) is 0 Å². The number of carboxylic acid groups (broad SMARTS) is 1. The zero-order valence-electron chi connectivity index (χ0n) is 13.3. The van der Waals surface area contributed by atoms with Gasteiger partial charge in [0.1, 0.15) is 5.25 Å². The van der Waals surface area contributed by atoms with Crippen LogP contribution < -0.4 is 0 Å². The third-order valence-corrected chi connectivity index (χ3v) is 6.53. The van der Waals surface area contributed by atoms with Crippen molar-refractivity contribution in [1.82, 2.24) is 4.90 Å². The van der Waals surface area contributed by atoms with Gasteiger partial charge < -0.3 is 14.7 Å². The van der Waals surface area contributed by atoms with E-state index in [2.05, 4.69) is 0 Å². The van der Waals surface area contributed by atoms with E-state index in [-0.39, 0.29) is 19.0 Å². The van der Waals surface area contributed by atoms with Crippen LogP contribution in [-0.4, -0.2) is 66.6 Å². The summed E-state index contributed by atoms with van der Waals surface area (Å²) in [6, 6.07) is -0.251. The molecule has 7 nitrogen and oxygen atoms in total. The first kappa shape index (κ1) is 18.9. The van der Waals surface area contributed by atoms with Crippen LogP contribution in [0, 0.1) is 0 Å². The number of hydrogen-bond acceptors (Lipinski definition) is 5. The quantitative estimate of drug-likeness (QED) is 0.734. The van der Waals surface area contributed by atoms with Crippen molar-refractivity contribution in [2.24, 2.45) is 0 Å². The Morgan fingerprint density at radius 3 is 2.23 bits per heavy atom. The lowest BCUT2D eigenvalue weighted by molar-refractivity contribution is -0.139. The zero-order chi connectivity index (χ0) is 16.9. The second-order valence-corrected chi connectivity index (χ2v) is 8.36. The van der Waals surface area contributed by atoms with Gasteiger partial charge in [0.05, 0.1) is 11.7 Å². The number of nitrogens with zero attached hydrogens (tertiary/aromatic N) is 1. The van der Waals surface area contributed by atoms with Crippen molar-refractivity contribution in [3.05, 3.63) is 0 Å². The Hall–Kier alpha value is -1.15. The van der Waals surface area contributed by atoms with Gasteiger partial charge >= 0.3 is 5.97 Å². The van der Waals surface area contributed by atoms with Crippen LogP contribution in [0.1, 0.15) is 40.0 Å². The molecule has 1 aliphatic rings. The molecule has 0 bridgehead atoms. The fraction of sp³-hybridized carbons (Fsp3) is 0.857. The summed E-state index contributed by atoms with van der Waals surface area (Å²) < 4.78 is 30.3. The lowest BCUT2D eigenvalue weighted by Crippen LogP contribution is -2.48. The topological polar surface area (TPSA) is 101 Å². The number of ether oxygens (including phenoxy) is 1. The number of carbonyl (C=O) groups is 2. The second-order valence-electron chi connectivity index (χ2n) is 5.81. The first-order valence-corrected chi connectivity index (χ1v) is 9.11. The number of carboxylic acids is 1. The number of rotatable bonds is 7. The van der Waals surface area contributed by atoms with Crippen LogP contribution in [0.15, 0.2) is 0 Å². The van der Waals surface area contributed by atoms with Gasteiger partial charge in [0.25, 0.3) is 0 Å². The molecule has 128 valence electrons. The van der Waals surface area contributed by atoms with Crippen LogP contribution >= 0.6 is 0 Å². The molecular weight excluding hydrogens is 310 g/mol. The lowest BCUT2D eigenvalue weighted by Gasteiger charge is -2.31. The van der Waals surface area contributed by atoms with Crippen LogP contribution in [0.3, 0.4) is 0 Å². The van der Waals surface area contributed by atoms with Crippen LogP contribution in [0.5, 0.6) is 0 Å². The molecule has 8 heteroatoms. The highest BCUT2D eigenvalue weighted by molar-refractivity contribution is 7.93. The van der Waals surface area contributed by atoms with E-state index >= 15 is 0 Å². The third kappa shape index (κ3) is 4.67. The monoisotopic (exact) mass is 335 g/mol. The van der Waals surface area contributed by atoms with E-state index in [1.54, 1.807) is 13.8 Å². The highest BCUT2D eigenvalue weighted by Gasteiger charge is 2.38. The molecule has 1 rings (SSSR count). The zero-order valence-corrected chi connectivity index (χ0v) is 14.1. The molecule has 1 heterocycles. The number of carbonyl (C=O) groups excluding carboxylic acids is 1. The Kier molecular flexibility index (Phi) is 6.80. The molecule has 1 N–H and O–H groups in total. The highest BCUT2D eigenvalue weighted by Crippen LogP contribution is 2.22. The van der Waals surface area contributed by atoms with Crippen molar-refractivity contribution in [3.8, 4) is 0 Å². The van der Waals surface area contributed by atoms with Crippen molar-refractivity contribution in [3.63, 3.8) is 0 Å². The van der Waals surface area contributed by atoms with Gasteiger partial charge in [-0.3, -0.25) is 9.59 Å². The Balaban J connectivity index is 2.85. The Bertz CT molecular complexity index is 495. The predicted molar refractivity (Wildman–Crippen MR) is 81.3 cm³/mol. The van der Waals surface area contributed by atoms with Crippen molar-refractivity contribution in [2.75, 3.05) is 19.8 Å². The van der Waals surface area contributed by atoms with Crippen molar-refractivity contribution in [2.45, 2.75) is 56.6 Å². The maximum Gasteiger partial charge on any atom is 0.305 e. The van der Waals surface area contributed by atoms with Gasteiger partial charge in [-0.25, -0.2) is 8.42 Å². The van der Waals surface area contributed by atoms with E-state index < -0.39 is 32.2 Å². The van der Waals surface area contributed by atoms with Gasteiger partial charge in [-0.2, -0.15) is 0 Å². The number of sulfone groups is 1. The van der Waals surface area contributed by atoms with Crippen LogP contribution in [-0.2, 0) is 24.2 Å². The molecule has 1 atom stereocenters. The number of aliphatic carboxylic acids is 1. The molecule has 0 spiro atoms. The Labute approximate surface area is 131 Å². The van der Waals surface area contributed by atoms with Gasteiger partial charge in [-0.05, 0) is 33.6 Å². The fourth-order valence-electron chi connectivity index (χ4n) is 2.51. The molecule has 0 aliphatic carbocycles. The summed E-state index contributed by atoms with van der Waals surface area (Å²) in [5.41, 5.74) is 0. The molecule has 0 radical (unpaired) electrons. The first-order chi connectivity index (χ1) is 10.2. The summed E-state index contributed by atoms with van der Waals surface area (Å²) in [4.78, 5) is 24.5.